The van der Waals surface area contributed by atoms with E-state index in [-0.39, 0.29) is 0 Å². The van der Waals surface area contributed by atoms with Gasteiger partial charge in [0.2, 0.25) is 0 Å². The van der Waals surface area contributed by atoms with Gasteiger partial charge in [-0.25, -0.2) is 4.79 Å². The van der Waals surface area contributed by atoms with Gasteiger partial charge in [-0.05, 0) is 32.4 Å². The highest BCUT2D eigenvalue weighted by Gasteiger charge is 2.27. The molecule has 4 nitrogen and oxygen atoms in total. The van der Waals surface area contributed by atoms with Crippen LogP contribution in [0, 0.1) is 0 Å². The third-order valence-corrected chi connectivity index (χ3v) is 3.28. The molecular formula is C11H18N2O2. The quantitative estimate of drug-likeness (QED) is 0.698. The second-order valence-corrected chi connectivity index (χ2v) is 4.33. The number of nitrogens with zero attached hydrogens (tertiary/aromatic N) is 2. The average molecular weight is 210 g/mol. The Morgan fingerprint density at radius 1 is 1.27 bits per heavy atom. The third-order valence-electron chi connectivity index (χ3n) is 3.28. The molecule has 0 aliphatic carbocycles. The monoisotopic (exact) mass is 210 g/mol. The van der Waals surface area contributed by atoms with Crippen LogP contribution in [-0.2, 0) is 4.79 Å². The van der Waals surface area contributed by atoms with Gasteiger partial charge in [-0.2, -0.15) is 0 Å². The van der Waals surface area contributed by atoms with Gasteiger partial charge in [0.05, 0.1) is 0 Å². The third kappa shape index (κ3) is 2.72. The number of carboxylic acid groups (broad SMARTS) is 1. The Morgan fingerprint density at radius 2 is 2.00 bits per heavy atom. The van der Waals surface area contributed by atoms with E-state index in [0.29, 0.717) is 6.04 Å². The maximum Gasteiger partial charge on any atom is 0.329 e. The van der Waals surface area contributed by atoms with Gasteiger partial charge < -0.3 is 10.0 Å². The number of hydrogen-bond acceptors (Lipinski definition) is 3. The van der Waals surface area contributed by atoms with Gasteiger partial charge in [0.1, 0.15) is 0 Å². The van der Waals surface area contributed by atoms with Gasteiger partial charge in [-0.1, -0.05) is 0 Å². The number of carbonyl (C=O) groups is 1. The van der Waals surface area contributed by atoms with E-state index in [2.05, 4.69) is 9.80 Å². The molecule has 1 unspecified atom stereocenters. The van der Waals surface area contributed by atoms with Crippen LogP contribution in [-0.4, -0.2) is 53.1 Å². The van der Waals surface area contributed by atoms with E-state index in [4.69, 9.17) is 5.11 Å². The van der Waals surface area contributed by atoms with Crippen molar-refractivity contribution in [3.8, 4) is 0 Å². The fourth-order valence-corrected chi connectivity index (χ4v) is 2.48. The first kappa shape index (κ1) is 10.5. The van der Waals surface area contributed by atoms with Crippen molar-refractivity contribution in [1.82, 2.24) is 9.80 Å². The van der Waals surface area contributed by atoms with Gasteiger partial charge in [0.15, 0.2) is 0 Å². The van der Waals surface area contributed by atoms with Crippen LogP contribution in [0.15, 0.2) is 12.3 Å². The molecule has 1 atom stereocenters. The number of hydrogen-bond donors (Lipinski definition) is 1. The van der Waals surface area contributed by atoms with Crippen molar-refractivity contribution in [1.29, 1.82) is 0 Å². The molecule has 0 aromatic heterocycles. The molecule has 0 saturated carbocycles. The molecule has 2 aliphatic heterocycles. The molecule has 0 aromatic carbocycles. The normalized spacial score (nSPS) is 28.0. The highest BCUT2D eigenvalue weighted by atomic mass is 16.4. The Labute approximate surface area is 90.2 Å². The fourth-order valence-electron chi connectivity index (χ4n) is 2.48. The van der Waals surface area contributed by atoms with Crippen LogP contribution >= 0.6 is 0 Å². The molecule has 1 N–H and O–H groups in total. The summed E-state index contributed by atoms with van der Waals surface area (Å²) in [4.78, 5) is 15.0. The first-order valence-electron chi connectivity index (χ1n) is 5.65. The molecular weight excluding hydrogens is 192 g/mol. The minimum absolute atomic E-state index is 0.644. The summed E-state index contributed by atoms with van der Waals surface area (Å²) in [7, 11) is 0. The molecule has 0 amide bonds. The molecule has 2 heterocycles. The molecule has 0 bridgehead atoms. The lowest BCUT2D eigenvalue weighted by Gasteiger charge is -2.22. The zero-order valence-corrected chi connectivity index (χ0v) is 8.93. The van der Waals surface area contributed by atoms with E-state index in [9.17, 15) is 4.79 Å². The van der Waals surface area contributed by atoms with Crippen molar-refractivity contribution in [3.05, 3.63) is 12.3 Å². The number of rotatable bonds is 3. The maximum absolute atomic E-state index is 10.4. The van der Waals surface area contributed by atoms with Crippen LogP contribution in [0.1, 0.15) is 19.3 Å². The Balaban J connectivity index is 1.81. The molecule has 0 aromatic rings. The highest BCUT2D eigenvalue weighted by molar-refractivity contribution is 5.79. The van der Waals surface area contributed by atoms with Crippen molar-refractivity contribution in [2.75, 3.05) is 26.2 Å². The van der Waals surface area contributed by atoms with Crippen LogP contribution in [0.5, 0.6) is 0 Å². The molecule has 4 heteroatoms. The van der Waals surface area contributed by atoms with E-state index >= 15 is 0 Å². The molecule has 84 valence electrons. The average Bonchev–Trinajstić information content (AvgIpc) is 2.85. The summed E-state index contributed by atoms with van der Waals surface area (Å²) < 4.78 is 0. The molecule has 2 aliphatic rings. The predicted molar refractivity (Wildman–Crippen MR) is 57.6 cm³/mol. The summed E-state index contributed by atoms with van der Waals surface area (Å²) in [5.74, 6) is -0.861. The van der Waals surface area contributed by atoms with Crippen molar-refractivity contribution in [3.63, 3.8) is 0 Å². The lowest BCUT2D eigenvalue weighted by molar-refractivity contribution is -0.131. The largest absolute Gasteiger partial charge is 0.478 e. The highest BCUT2D eigenvalue weighted by Crippen LogP contribution is 2.20. The number of aliphatic carboxylic acids is 1. The summed E-state index contributed by atoms with van der Waals surface area (Å²) >= 11 is 0. The first-order valence-corrected chi connectivity index (χ1v) is 5.65. The van der Waals surface area contributed by atoms with Crippen molar-refractivity contribution in [2.24, 2.45) is 0 Å². The Bertz CT molecular complexity index is 259. The minimum Gasteiger partial charge on any atom is -0.478 e. The van der Waals surface area contributed by atoms with Gasteiger partial charge >= 0.3 is 5.97 Å². The Morgan fingerprint density at radius 3 is 2.67 bits per heavy atom. The zero-order valence-electron chi connectivity index (χ0n) is 8.93. The van der Waals surface area contributed by atoms with Gasteiger partial charge in [0, 0.05) is 31.4 Å². The zero-order chi connectivity index (χ0) is 10.7. The van der Waals surface area contributed by atoms with E-state index in [1.807, 2.05) is 0 Å². The van der Waals surface area contributed by atoms with Crippen LogP contribution < -0.4 is 0 Å². The summed E-state index contributed by atoms with van der Waals surface area (Å²) in [6.07, 6.45) is 6.75. The second-order valence-electron chi connectivity index (χ2n) is 4.33. The van der Waals surface area contributed by atoms with E-state index in [0.717, 1.165) is 13.1 Å². The van der Waals surface area contributed by atoms with Crippen molar-refractivity contribution in [2.45, 2.75) is 25.3 Å². The molecule has 15 heavy (non-hydrogen) atoms. The summed E-state index contributed by atoms with van der Waals surface area (Å²) in [6.45, 7) is 4.43. The lowest BCUT2D eigenvalue weighted by Crippen LogP contribution is -2.34. The molecule has 2 rings (SSSR count). The predicted octanol–water partition coefficient (Wildman–Crippen LogP) is 0.755. The van der Waals surface area contributed by atoms with Crippen LogP contribution in [0.2, 0.25) is 0 Å². The van der Waals surface area contributed by atoms with Crippen LogP contribution in [0.3, 0.4) is 0 Å². The second kappa shape index (κ2) is 4.66. The van der Waals surface area contributed by atoms with Crippen molar-refractivity contribution >= 4 is 5.97 Å². The van der Waals surface area contributed by atoms with E-state index in [1.54, 1.807) is 6.20 Å². The van der Waals surface area contributed by atoms with Gasteiger partial charge in [0.25, 0.3) is 0 Å². The summed E-state index contributed by atoms with van der Waals surface area (Å²) in [5, 5.41) is 8.53. The smallest absolute Gasteiger partial charge is 0.329 e. The summed E-state index contributed by atoms with van der Waals surface area (Å²) in [5.41, 5.74) is 0. The van der Waals surface area contributed by atoms with Crippen LogP contribution in [0.4, 0.5) is 0 Å². The lowest BCUT2D eigenvalue weighted by atomic mass is 10.2. The van der Waals surface area contributed by atoms with E-state index in [1.165, 1.54) is 38.4 Å². The maximum atomic E-state index is 10.4. The molecule has 2 saturated heterocycles. The molecule has 2 fully saturated rings. The van der Waals surface area contributed by atoms with Gasteiger partial charge in [-0.3, -0.25) is 4.90 Å². The fraction of sp³-hybridized carbons (Fsp3) is 0.727. The minimum atomic E-state index is -0.861. The number of carboxylic acids is 1. The van der Waals surface area contributed by atoms with Crippen molar-refractivity contribution < 1.29 is 9.90 Å². The molecule has 0 radical (unpaired) electrons. The van der Waals surface area contributed by atoms with Crippen LogP contribution in [0.25, 0.3) is 0 Å². The van der Waals surface area contributed by atoms with E-state index < -0.39 is 5.97 Å². The first-order chi connectivity index (χ1) is 7.25. The number of likely N-dealkylation sites (tertiary alicyclic amines) is 2. The molecule has 0 spiro atoms. The Hall–Kier alpha value is -1.03. The van der Waals surface area contributed by atoms with Gasteiger partial charge in [-0.15, -0.1) is 0 Å². The SMILES string of the molecule is O=C(O)C=CN1CCC(N2CCCC2)C1. The summed E-state index contributed by atoms with van der Waals surface area (Å²) in [6, 6.07) is 0.644. The Kier molecular flexibility index (Phi) is 3.26. The topological polar surface area (TPSA) is 43.8 Å². The standard InChI is InChI=1S/C11H18N2O2/c14-11(15)4-8-12-7-3-10(9-12)13-5-1-2-6-13/h4,8,10H,1-3,5-7,9H2,(H,14,15).